The van der Waals surface area contributed by atoms with Crippen LogP contribution in [0.4, 0.5) is 0 Å². The van der Waals surface area contributed by atoms with Crippen LogP contribution >= 0.6 is 0 Å². The largest absolute Gasteiger partial charge is 0.489 e. The molecular formula is C59H74N4O6. The van der Waals surface area contributed by atoms with E-state index in [1.807, 2.05) is 12.1 Å². The second-order valence-corrected chi connectivity index (χ2v) is 21.6. The van der Waals surface area contributed by atoms with Crippen LogP contribution in [-0.4, -0.2) is 70.3 Å². The molecule has 4 aromatic rings. The molecule has 10 heteroatoms. The summed E-state index contributed by atoms with van der Waals surface area (Å²) >= 11 is 0. The molecule has 4 aliphatic heterocycles. The fourth-order valence-electron chi connectivity index (χ4n) is 13.4. The van der Waals surface area contributed by atoms with Gasteiger partial charge in [0.05, 0.1) is 31.2 Å². The first-order valence-electron chi connectivity index (χ1n) is 26.7. The van der Waals surface area contributed by atoms with E-state index in [2.05, 4.69) is 84.3 Å². The van der Waals surface area contributed by atoms with E-state index in [9.17, 15) is 25.2 Å². The molecule has 4 bridgehead atoms. The molecule has 4 aromatic carbocycles. The Bertz CT molecular complexity index is 2500. The maximum absolute atomic E-state index is 12.2. The maximum atomic E-state index is 12.2. The van der Waals surface area contributed by atoms with Gasteiger partial charge in [-0.1, -0.05) is 75.9 Å². The van der Waals surface area contributed by atoms with E-state index in [4.69, 9.17) is 14.2 Å². The number of rotatable bonds is 12. The molecule has 366 valence electrons. The zero-order valence-corrected chi connectivity index (χ0v) is 41.4. The first kappa shape index (κ1) is 48.8. The average molecular weight is 935 g/mol. The zero-order chi connectivity index (χ0) is 48.0. The van der Waals surface area contributed by atoms with Crippen LogP contribution < -0.4 is 9.47 Å². The minimum Gasteiger partial charge on any atom is -0.489 e. The molecule has 10 rings (SSSR count). The Hall–Kier alpha value is -5.16. The molecular weight excluding hydrogens is 861 g/mol. The Morgan fingerprint density at radius 1 is 0.580 bits per heavy atom. The van der Waals surface area contributed by atoms with Crippen molar-refractivity contribution in [1.82, 2.24) is 9.80 Å². The molecule has 10 nitrogen and oxygen atoms in total. The Morgan fingerprint density at radius 3 is 1.33 bits per heavy atom. The van der Waals surface area contributed by atoms with Crippen LogP contribution in [0.15, 0.2) is 60.7 Å². The van der Waals surface area contributed by atoms with Crippen LogP contribution in [0.1, 0.15) is 165 Å². The Kier molecular flexibility index (Phi) is 15.8. The van der Waals surface area contributed by atoms with Gasteiger partial charge in [-0.05, 0) is 161 Å². The van der Waals surface area contributed by atoms with Crippen LogP contribution in [0, 0.1) is 46.3 Å². The number of piperidine rings is 4. The predicted octanol–water partition coefficient (Wildman–Crippen LogP) is 12.6. The van der Waals surface area contributed by atoms with Crippen molar-refractivity contribution < 1.29 is 28.9 Å². The topological polar surface area (TPSA) is 136 Å². The summed E-state index contributed by atoms with van der Waals surface area (Å²) in [5.41, 5.74) is 3.71. The second-order valence-electron chi connectivity index (χ2n) is 21.6. The standard InChI is InChI=1S/C30H38N2O3.C29H36N2O3/c1-3-20-8-12-26(13-9-20)35-29-14-11-22-10-7-21(15-27(22)28(29)18-31)19-32-24-5-4-6-25(32)17-23(16-24)30(33)34-2;1-2-19-7-11-25(12-8-19)34-28-13-10-21-9-6-20(14-26(21)27(28)17-30)18-31-23-4-3-5-24(31)16-22(15-23)29(32)33/h7,10-11,14-15,20,23-26H,3-6,8-9,12-13,16-17,19H2,1-2H3;6,9-10,13-14,19,22-25H,2-5,7-8,11-12,15-16,18H2,1H3,(H,32,33). The number of nitriles is 2. The summed E-state index contributed by atoms with van der Waals surface area (Å²) in [5, 5.41) is 33.8. The monoisotopic (exact) mass is 935 g/mol. The number of fused-ring (bicyclic) bond motifs is 6. The lowest BCUT2D eigenvalue weighted by Crippen LogP contribution is -2.52. The molecule has 1 N–H and O–H groups in total. The summed E-state index contributed by atoms with van der Waals surface area (Å²) in [6.45, 7) is 6.21. The van der Waals surface area contributed by atoms with E-state index < -0.39 is 5.97 Å². The number of hydrogen-bond acceptors (Lipinski definition) is 9. The summed E-state index contributed by atoms with van der Waals surface area (Å²) in [7, 11) is 1.50. The molecule has 4 atom stereocenters. The van der Waals surface area contributed by atoms with Gasteiger partial charge in [-0.15, -0.1) is 0 Å². The highest BCUT2D eigenvalue weighted by Gasteiger charge is 2.42. The highest BCUT2D eigenvalue weighted by atomic mass is 16.5. The Labute approximate surface area is 410 Å². The SMILES string of the molecule is CCC1CCC(Oc2ccc3ccc(CN4C5CCCC4CC(C(=O)O)C5)cc3c2C#N)CC1.CCC1CCC(Oc2ccc3ccc(CN4C5CCCC4CC(C(=O)OC)C5)cc3c2C#N)CC1. The maximum Gasteiger partial charge on any atom is 0.308 e. The van der Waals surface area contributed by atoms with Crippen molar-refractivity contribution >= 4 is 33.5 Å². The van der Waals surface area contributed by atoms with E-state index in [1.54, 1.807) is 0 Å². The molecule has 0 amide bonds. The number of carboxylic acids is 1. The molecule has 69 heavy (non-hydrogen) atoms. The lowest BCUT2D eigenvalue weighted by molar-refractivity contribution is -0.150. The van der Waals surface area contributed by atoms with Gasteiger partial charge in [0.25, 0.3) is 0 Å². The average Bonchev–Trinajstić information content (AvgIpc) is 3.36. The predicted molar refractivity (Wildman–Crippen MR) is 270 cm³/mol. The normalized spacial score (nSPS) is 29.2. The highest BCUT2D eigenvalue weighted by Crippen LogP contribution is 2.42. The molecule has 4 unspecified atom stereocenters. The number of carbonyl (C=O) groups is 2. The third-order valence-corrected chi connectivity index (χ3v) is 17.5. The molecule has 4 heterocycles. The third-order valence-electron chi connectivity index (χ3n) is 17.5. The van der Waals surface area contributed by atoms with Gasteiger partial charge in [0, 0.05) is 48.0 Å². The smallest absolute Gasteiger partial charge is 0.308 e. The highest BCUT2D eigenvalue weighted by molar-refractivity contribution is 5.91. The van der Waals surface area contributed by atoms with Crippen molar-refractivity contribution in [2.45, 2.75) is 192 Å². The first-order valence-corrected chi connectivity index (χ1v) is 26.7. The molecule has 0 aromatic heterocycles. The van der Waals surface area contributed by atoms with E-state index in [0.717, 1.165) is 129 Å². The van der Waals surface area contributed by atoms with Gasteiger partial charge in [-0.25, -0.2) is 0 Å². The molecule has 2 aliphatic carbocycles. The van der Waals surface area contributed by atoms with Gasteiger partial charge >= 0.3 is 11.9 Å². The third kappa shape index (κ3) is 11.1. The first-order chi connectivity index (χ1) is 33.6. The number of carboxylic acid groups (broad SMARTS) is 1. The van der Waals surface area contributed by atoms with E-state index in [0.29, 0.717) is 41.0 Å². The van der Waals surface area contributed by atoms with Crippen molar-refractivity contribution in [2.24, 2.45) is 23.7 Å². The summed E-state index contributed by atoms with van der Waals surface area (Å²) in [6, 6.07) is 27.5. The van der Waals surface area contributed by atoms with E-state index in [1.165, 1.54) is 69.6 Å². The van der Waals surface area contributed by atoms with E-state index in [-0.39, 0.29) is 30.0 Å². The number of carbonyl (C=O) groups excluding carboxylic acids is 1. The van der Waals surface area contributed by atoms with Crippen molar-refractivity contribution in [2.75, 3.05) is 7.11 Å². The van der Waals surface area contributed by atoms with Gasteiger partial charge in [0.1, 0.15) is 34.8 Å². The molecule has 6 fully saturated rings. The molecule has 4 saturated heterocycles. The molecule has 6 aliphatic rings. The van der Waals surface area contributed by atoms with Crippen molar-refractivity contribution in [3.8, 4) is 23.6 Å². The van der Waals surface area contributed by atoms with Crippen LogP contribution in [0.25, 0.3) is 21.5 Å². The lowest BCUT2D eigenvalue weighted by atomic mass is 9.78. The molecule has 0 radical (unpaired) electrons. The second kappa shape index (κ2) is 22.3. The quantitative estimate of drug-likeness (QED) is 0.137. The van der Waals surface area contributed by atoms with E-state index >= 15 is 0 Å². The minimum atomic E-state index is -0.642. The fraction of sp³-hybridized carbons (Fsp3) is 0.593. The van der Waals surface area contributed by atoms with Gasteiger partial charge in [0.2, 0.25) is 0 Å². The van der Waals surface area contributed by atoms with Gasteiger partial charge in [-0.3, -0.25) is 19.4 Å². The van der Waals surface area contributed by atoms with Crippen LogP contribution in [0.2, 0.25) is 0 Å². The number of hydrogen-bond donors (Lipinski definition) is 1. The molecule has 0 spiro atoms. The lowest BCUT2D eigenvalue weighted by Gasteiger charge is -2.48. The van der Waals surface area contributed by atoms with Gasteiger partial charge in [0.15, 0.2) is 0 Å². The number of benzene rings is 4. The number of methoxy groups -OCH3 is 1. The number of esters is 1. The van der Waals surface area contributed by atoms with Crippen molar-refractivity contribution in [1.29, 1.82) is 10.5 Å². The molecule has 2 saturated carbocycles. The van der Waals surface area contributed by atoms with Crippen LogP contribution in [0.5, 0.6) is 11.5 Å². The number of nitrogens with zero attached hydrogens (tertiary/aromatic N) is 4. The fourth-order valence-corrected chi connectivity index (χ4v) is 13.4. The number of aliphatic carboxylic acids is 1. The summed E-state index contributed by atoms with van der Waals surface area (Å²) < 4.78 is 17.8. The summed E-state index contributed by atoms with van der Waals surface area (Å²) in [6.07, 6.45) is 22.2. The van der Waals surface area contributed by atoms with Gasteiger partial charge < -0.3 is 19.3 Å². The minimum absolute atomic E-state index is 0.0282. The van der Waals surface area contributed by atoms with Crippen LogP contribution in [0.3, 0.4) is 0 Å². The number of ether oxygens (including phenoxy) is 3. The Balaban J connectivity index is 0.000000172. The van der Waals surface area contributed by atoms with Crippen molar-refractivity contribution in [3.63, 3.8) is 0 Å². The summed E-state index contributed by atoms with van der Waals surface area (Å²) in [5.74, 6) is 2.20. The Morgan fingerprint density at radius 2 is 0.971 bits per heavy atom. The summed E-state index contributed by atoms with van der Waals surface area (Å²) in [4.78, 5) is 28.9. The van der Waals surface area contributed by atoms with Crippen molar-refractivity contribution in [3.05, 3.63) is 82.9 Å². The zero-order valence-electron chi connectivity index (χ0n) is 41.4. The van der Waals surface area contributed by atoms with Gasteiger partial charge in [-0.2, -0.15) is 10.5 Å². The van der Waals surface area contributed by atoms with Crippen LogP contribution in [-0.2, 0) is 27.4 Å².